The Labute approximate surface area is 184 Å². The number of rotatable bonds is 12. The Hall–Kier alpha value is -3.31. The van der Waals surface area contributed by atoms with Crippen LogP contribution in [0.4, 0.5) is 0 Å². The Morgan fingerprint density at radius 1 is 0.742 bits per heavy atom. The second-order valence-corrected chi connectivity index (χ2v) is 7.19. The van der Waals surface area contributed by atoms with Crippen LogP contribution in [-0.4, -0.2) is 26.2 Å². The fourth-order valence-corrected chi connectivity index (χ4v) is 3.01. The van der Waals surface area contributed by atoms with Gasteiger partial charge in [-0.1, -0.05) is 42.5 Å². The molecule has 0 spiro atoms. The SMILES string of the molecule is COCc1ccc(C(=O)NCCCCOc2ccc(OCc3ccccc3)cc2)cc1. The van der Waals surface area contributed by atoms with Gasteiger partial charge < -0.3 is 19.5 Å². The van der Waals surface area contributed by atoms with Crippen molar-refractivity contribution in [2.75, 3.05) is 20.3 Å². The second kappa shape index (κ2) is 12.4. The number of ether oxygens (including phenoxy) is 3. The van der Waals surface area contributed by atoms with Gasteiger partial charge in [0.25, 0.3) is 5.91 Å². The van der Waals surface area contributed by atoms with Crippen LogP contribution in [0.5, 0.6) is 11.5 Å². The summed E-state index contributed by atoms with van der Waals surface area (Å²) in [6, 6.07) is 25.2. The minimum atomic E-state index is -0.0593. The molecule has 0 fully saturated rings. The van der Waals surface area contributed by atoms with E-state index in [1.54, 1.807) is 7.11 Å². The Bertz CT molecular complexity index is 908. The Morgan fingerprint density at radius 2 is 1.39 bits per heavy atom. The van der Waals surface area contributed by atoms with Gasteiger partial charge >= 0.3 is 0 Å². The van der Waals surface area contributed by atoms with Crippen LogP contribution in [0.25, 0.3) is 0 Å². The van der Waals surface area contributed by atoms with Gasteiger partial charge in [-0.2, -0.15) is 0 Å². The monoisotopic (exact) mass is 419 g/mol. The highest BCUT2D eigenvalue weighted by Gasteiger charge is 2.04. The van der Waals surface area contributed by atoms with Crippen LogP contribution >= 0.6 is 0 Å². The van der Waals surface area contributed by atoms with Gasteiger partial charge in [-0.3, -0.25) is 4.79 Å². The number of benzene rings is 3. The van der Waals surface area contributed by atoms with Gasteiger partial charge in [0, 0.05) is 19.2 Å². The van der Waals surface area contributed by atoms with E-state index in [1.807, 2.05) is 78.9 Å². The summed E-state index contributed by atoms with van der Waals surface area (Å²) in [6.07, 6.45) is 1.71. The van der Waals surface area contributed by atoms with Crippen LogP contribution < -0.4 is 14.8 Å². The molecule has 162 valence electrons. The lowest BCUT2D eigenvalue weighted by Crippen LogP contribution is -2.24. The molecule has 0 aromatic heterocycles. The maximum absolute atomic E-state index is 12.2. The molecule has 0 bridgehead atoms. The average Bonchev–Trinajstić information content (AvgIpc) is 2.82. The van der Waals surface area contributed by atoms with Gasteiger partial charge in [-0.05, 0) is 60.4 Å². The zero-order valence-electron chi connectivity index (χ0n) is 17.9. The van der Waals surface area contributed by atoms with Crippen LogP contribution in [0.2, 0.25) is 0 Å². The molecule has 0 radical (unpaired) electrons. The predicted octanol–water partition coefficient (Wildman–Crippen LogP) is 5.00. The van der Waals surface area contributed by atoms with Gasteiger partial charge in [-0.15, -0.1) is 0 Å². The van der Waals surface area contributed by atoms with Crippen molar-refractivity contribution >= 4 is 5.91 Å². The number of amides is 1. The van der Waals surface area contributed by atoms with E-state index < -0.39 is 0 Å². The quantitative estimate of drug-likeness (QED) is 0.420. The summed E-state index contributed by atoms with van der Waals surface area (Å²) in [5.41, 5.74) is 2.84. The highest BCUT2D eigenvalue weighted by atomic mass is 16.5. The third kappa shape index (κ3) is 7.79. The summed E-state index contributed by atoms with van der Waals surface area (Å²) in [6.45, 7) is 2.31. The molecule has 1 N–H and O–H groups in total. The largest absolute Gasteiger partial charge is 0.494 e. The molecule has 0 aliphatic rings. The first-order valence-corrected chi connectivity index (χ1v) is 10.5. The van der Waals surface area contributed by atoms with Gasteiger partial charge in [-0.25, -0.2) is 0 Å². The van der Waals surface area contributed by atoms with Gasteiger partial charge in [0.1, 0.15) is 18.1 Å². The molecule has 0 saturated carbocycles. The van der Waals surface area contributed by atoms with Crippen LogP contribution in [-0.2, 0) is 18.0 Å². The van der Waals surface area contributed by atoms with E-state index in [4.69, 9.17) is 14.2 Å². The van der Waals surface area contributed by atoms with Crippen molar-refractivity contribution in [1.29, 1.82) is 0 Å². The molecular formula is C26H29NO4. The number of unbranched alkanes of at least 4 members (excludes halogenated alkanes) is 1. The van der Waals surface area contributed by atoms with Crippen molar-refractivity contribution in [2.45, 2.75) is 26.1 Å². The minimum absolute atomic E-state index is 0.0593. The maximum Gasteiger partial charge on any atom is 0.251 e. The topological polar surface area (TPSA) is 56.8 Å². The Balaban J connectivity index is 1.28. The molecule has 0 aliphatic carbocycles. The predicted molar refractivity (Wildman–Crippen MR) is 121 cm³/mol. The highest BCUT2D eigenvalue weighted by Crippen LogP contribution is 2.19. The number of hydrogen-bond donors (Lipinski definition) is 1. The summed E-state index contributed by atoms with van der Waals surface area (Å²) < 4.78 is 16.6. The van der Waals surface area contributed by atoms with Crippen molar-refractivity contribution in [1.82, 2.24) is 5.32 Å². The maximum atomic E-state index is 12.2. The molecule has 3 rings (SSSR count). The number of hydrogen-bond acceptors (Lipinski definition) is 4. The lowest BCUT2D eigenvalue weighted by molar-refractivity contribution is 0.0952. The van der Waals surface area contributed by atoms with Gasteiger partial charge in [0.15, 0.2) is 0 Å². The fourth-order valence-electron chi connectivity index (χ4n) is 3.01. The molecule has 0 unspecified atom stereocenters. The third-order valence-electron chi connectivity index (χ3n) is 4.72. The van der Waals surface area contributed by atoms with Crippen molar-refractivity contribution in [3.05, 3.63) is 95.6 Å². The lowest BCUT2D eigenvalue weighted by Gasteiger charge is -2.09. The number of nitrogens with one attached hydrogen (secondary N) is 1. The summed E-state index contributed by atoms with van der Waals surface area (Å²) in [7, 11) is 1.65. The molecule has 3 aromatic carbocycles. The smallest absolute Gasteiger partial charge is 0.251 e. The number of carbonyl (C=O) groups excluding carboxylic acids is 1. The highest BCUT2D eigenvalue weighted by molar-refractivity contribution is 5.94. The molecular weight excluding hydrogens is 390 g/mol. The van der Waals surface area contributed by atoms with E-state index in [2.05, 4.69) is 5.32 Å². The van der Waals surface area contributed by atoms with Crippen molar-refractivity contribution < 1.29 is 19.0 Å². The Morgan fingerprint density at radius 3 is 2.06 bits per heavy atom. The normalized spacial score (nSPS) is 10.5. The average molecular weight is 420 g/mol. The summed E-state index contributed by atoms with van der Waals surface area (Å²) in [4.78, 5) is 12.2. The number of methoxy groups -OCH3 is 1. The second-order valence-electron chi connectivity index (χ2n) is 7.19. The van der Waals surface area contributed by atoms with Crippen molar-refractivity contribution in [3.8, 4) is 11.5 Å². The van der Waals surface area contributed by atoms with Crippen LogP contribution in [0.1, 0.15) is 34.3 Å². The molecule has 0 atom stereocenters. The molecule has 5 nitrogen and oxygen atoms in total. The minimum Gasteiger partial charge on any atom is -0.494 e. The van der Waals surface area contributed by atoms with Crippen LogP contribution in [0.3, 0.4) is 0 Å². The van der Waals surface area contributed by atoms with E-state index in [1.165, 1.54) is 0 Å². The van der Waals surface area contributed by atoms with Crippen LogP contribution in [0, 0.1) is 0 Å². The first kappa shape index (κ1) is 22.4. The zero-order valence-corrected chi connectivity index (χ0v) is 17.9. The summed E-state index contributed by atoms with van der Waals surface area (Å²) >= 11 is 0. The molecule has 0 heterocycles. The molecule has 0 aliphatic heterocycles. The molecule has 0 saturated heterocycles. The van der Waals surface area contributed by atoms with E-state index >= 15 is 0 Å². The van der Waals surface area contributed by atoms with E-state index in [9.17, 15) is 4.79 Å². The summed E-state index contributed by atoms with van der Waals surface area (Å²) in [5.74, 6) is 1.57. The molecule has 31 heavy (non-hydrogen) atoms. The lowest BCUT2D eigenvalue weighted by atomic mass is 10.1. The van der Waals surface area contributed by atoms with Gasteiger partial charge in [0.05, 0.1) is 13.2 Å². The Kier molecular flexibility index (Phi) is 8.95. The summed E-state index contributed by atoms with van der Waals surface area (Å²) in [5, 5.41) is 2.94. The van der Waals surface area contributed by atoms with E-state index in [0.717, 1.165) is 35.5 Å². The van der Waals surface area contributed by atoms with Crippen LogP contribution in [0.15, 0.2) is 78.9 Å². The zero-order chi connectivity index (χ0) is 21.7. The number of carbonyl (C=O) groups is 1. The molecule has 1 amide bonds. The fraction of sp³-hybridized carbons (Fsp3) is 0.269. The van der Waals surface area contributed by atoms with Crippen molar-refractivity contribution in [3.63, 3.8) is 0 Å². The first-order chi connectivity index (χ1) is 15.2. The van der Waals surface area contributed by atoms with E-state index in [-0.39, 0.29) is 5.91 Å². The standard InChI is InChI=1S/C26H29NO4/c1-29-19-22-9-11-23(12-10-22)26(28)27-17-5-6-18-30-24-13-15-25(16-14-24)31-20-21-7-3-2-4-8-21/h2-4,7-16H,5-6,17-20H2,1H3,(H,27,28). The first-order valence-electron chi connectivity index (χ1n) is 10.5. The third-order valence-corrected chi connectivity index (χ3v) is 4.72. The van der Waals surface area contributed by atoms with Gasteiger partial charge in [0.2, 0.25) is 0 Å². The molecule has 3 aromatic rings. The van der Waals surface area contributed by atoms with E-state index in [0.29, 0.717) is 31.9 Å². The molecule has 5 heteroatoms. The van der Waals surface area contributed by atoms with Crippen molar-refractivity contribution in [2.24, 2.45) is 0 Å².